The molecule has 1 heterocycles. The van der Waals surface area contributed by atoms with E-state index in [1.54, 1.807) is 12.1 Å². The van der Waals surface area contributed by atoms with E-state index in [1.807, 2.05) is 24.3 Å². The standard InChI is InChI=1S/C15H14N2O4/c18-17(19)12-7-5-11(6-8-12)16-9-13-10-20-14-3-1-2-4-15(14)21-13/h1-8,13,16H,9-10H2. The minimum absolute atomic E-state index is 0.0757. The molecule has 6 heteroatoms. The zero-order valence-corrected chi connectivity index (χ0v) is 11.2. The van der Waals surface area contributed by atoms with Gasteiger partial charge in [-0.3, -0.25) is 10.1 Å². The van der Waals surface area contributed by atoms with Crippen LogP contribution in [0.15, 0.2) is 48.5 Å². The highest BCUT2D eigenvalue weighted by Gasteiger charge is 2.20. The van der Waals surface area contributed by atoms with E-state index in [4.69, 9.17) is 9.47 Å². The molecule has 2 aromatic rings. The molecule has 1 N–H and O–H groups in total. The van der Waals surface area contributed by atoms with Crippen molar-refractivity contribution in [2.75, 3.05) is 18.5 Å². The van der Waals surface area contributed by atoms with E-state index in [1.165, 1.54) is 12.1 Å². The van der Waals surface area contributed by atoms with Gasteiger partial charge >= 0.3 is 0 Å². The number of nitro benzene ring substituents is 1. The van der Waals surface area contributed by atoms with Crippen LogP contribution < -0.4 is 14.8 Å². The Morgan fingerprint density at radius 2 is 1.86 bits per heavy atom. The van der Waals surface area contributed by atoms with Crippen molar-refractivity contribution < 1.29 is 14.4 Å². The first-order chi connectivity index (χ1) is 10.2. The van der Waals surface area contributed by atoms with Crippen molar-refractivity contribution in [3.63, 3.8) is 0 Å². The quantitative estimate of drug-likeness (QED) is 0.691. The fourth-order valence-corrected chi connectivity index (χ4v) is 2.10. The molecular formula is C15H14N2O4. The van der Waals surface area contributed by atoms with Crippen LogP contribution in [0.2, 0.25) is 0 Å². The summed E-state index contributed by atoms with van der Waals surface area (Å²) in [6.07, 6.45) is -0.102. The number of hydrogen-bond acceptors (Lipinski definition) is 5. The van der Waals surface area contributed by atoms with Crippen LogP contribution in [0.5, 0.6) is 11.5 Å². The topological polar surface area (TPSA) is 73.6 Å². The van der Waals surface area contributed by atoms with Crippen molar-refractivity contribution in [1.82, 2.24) is 0 Å². The SMILES string of the molecule is O=[N+]([O-])c1ccc(NCC2COc3ccccc3O2)cc1. The Balaban J connectivity index is 1.57. The average Bonchev–Trinajstić information content (AvgIpc) is 2.53. The van der Waals surface area contributed by atoms with Gasteiger partial charge in [-0.15, -0.1) is 0 Å². The molecule has 0 aliphatic carbocycles. The lowest BCUT2D eigenvalue weighted by atomic mass is 10.2. The fraction of sp³-hybridized carbons (Fsp3) is 0.200. The van der Waals surface area contributed by atoms with Crippen molar-refractivity contribution in [3.05, 3.63) is 58.6 Å². The van der Waals surface area contributed by atoms with Gasteiger partial charge in [0.25, 0.3) is 5.69 Å². The molecule has 0 fully saturated rings. The first-order valence-electron chi connectivity index (χ1n) is 6.59. The molecule has 0 saturated carbocycles. The van der Waals surface area contributed by atoms with Gasteiger partial charge in [0.2, 0.25) is 0 Å². The molecule has 1 aliphatic heterocycles. The van der Waals surface area contributed by atoms with Crippen LogP contribution >= 0.6 is 0 Å². The van der Waals surface area contributed by atoms with Gasteiger partial charge in [-0.2, -0.15) is 0 Å². The minimum Gasteiger partial charge on any atom is -0.486 e. The number of nitro groups is 1. The number of hydrogen-bond donors (Lipinski definition) is 1. The number of nitrogens with zero attached hydrogens (tertiary/aromatic N) is 1. The number of fused-ring (bicyclic) bond motifs is 1. The maximum Gasteiger partial charge on any atom is 0.269 e. The molecule has 1 atom stereocenters. The predicted octanol–water partition coefficient (Wildman–Crippen LogP) is 2.85. The molecule has 1 unspecified atom stereocenters. The molecule has 0 amide bonds. The van der Waals surface area contributed by atoms with E-state index in [0.29, 0.717) is 13.2 Å². The summed E-state index contributed by atoms with van der Waals surface area (Å²) in [5.41, 5.74) is 0.884. The molecule has 6 nitrogen and oxygen atoms in total. The van der Waals surface area contributed by atoms with E-state index >= 15 is 0 Å². The van der Waals surface area contributed by atoms with Crippen molar-refractivity contribution in [1.29, 1.82) is 0 Å². The van der Waals surface area contributed by atoms with Crippen LogP contribution in [0.1, 0.15) is 0 Å². The van der Waals surface area contributed by atoms with E-state index in [0.717, 1.165) is 17.2 Å². The monoisotopic (exact) mass is 286 g/mol. The van der Waals surface area contributed by atoms with Gasteiger partial charge in [-0.25, -0.2) is 0 Å². The van der Waals surface area contributed by atoms with Gasteiger partial charge in [0, 0.05) is 17.8 Å². The highest BCUT2D eigenvalue weighted by atomic mass is 16.6. The summed E-state index contributed by atoms with van der Waals surface area (Å²) in [6.45, 7) is 1.03. The van der Waals surface area contributed by atoms with Crippen molar-refractivity contribution >= 4 is 11.4 Å². The average molecular weight is 286 g/mol. The molecule has 108 valence electrons. The van der Waals surface area contributed by atoms with Crippen molar-refractivity contribution in [3.8, 4) is 11.5 Å². The zero-order valence-electron chi connectivity index (χ0n) is 11.2. The number of anilines is 1. The molecule has 0 bridgehead atoms. The van der Waals surface area contributed by atoms with E-state index in [2.05, 4.69) is 5.32 Å². The zero-order chi connectivity index (χ0) is 14.7. The van der Waals surface area contributed by atoms with Gasteiger partial charge in [0.1, 0.15) is 12.7 Å². The largest absolute Gasteiger partial charge is 0.486 e. The predicted molar refractivity (Wildman–Crippen MR) is 77.9 cm³/mol. The summed E-state index contributed by atoms with van der Waals surface area (Å²) in [5, 5.41) is 13.8. The second-order valence-corrected chi connectivity index (χ2v) is 4.68. The fourth-order valence-electron chi connectivity index (χ4n) is 2.10. The van der Waals surface area contributed by atoms with Crippen LogP contribution in [0.3, 0.4) is 0 Å². The third-order valence-corrected chi connectivity index (χ3v) is 3.18. The van der Waals surface area contributed by atoms with Crippen LogP contribution in [-0.4, -0.2) is 24.2 Å². The molecule has 21 heavy (non-hydrogen) atoms. The maximum absolute atomic E-state index is 10.6. The third kappa shape index (κ3) is 3.05. The Kier molecular flexibility index (Phi) is 3.59. The van der Waals surface area contributed by atoms with Crippen molar-refractivity contribution in [2.45, 2.75) is 6.10 Å². The highest BCUT2D eigenvalue weighted by molar-refractivity contribution is 5.48. The first kappa shape index (κ1) is 13.2. The first-order valence-corrected chi connectivity index (χ1v) is 6.59. The van der Waals surface area contributed by atoms with Crippen LogP contribution in [0.25, 0.3) is 0 Å². The second-order valence-electron chi connectivity index (χ2n) is 4.68. The molecule has 1 aliphatic rings. The number of rotatable bonds is 4. The number of ether oxygens (including phenoxy) is 2. The van der Waals surface area contributed by atoms with Gasteiger partial charge in [0.15, 0.2) is 11.5 Å². The summed E-state index contributed by atoms with van der Waals surface area (Å²) in [5.74, 6) is 1.49. The molecule has 3 rings (SSSR count). The molecule has 0 saturated heterocycles. The molecule has 0 radical (unpaired) electrons. The smallest absolute Gasteiger partial charge is 0.269 e. The Hall–Kier alpha value is -2.76. The van der Waals surface area contributed by atoms with E-state index < -0.39 is 4.92 Å². The van der Waals surface area contributed by atoms with Crippen LogP contribution in [-0.2, 0) is 0 Å². The van der Waals surface area contributed by atoms with Gasteiger partial charge in [0.05, 0.1) is 11.5 Å². The Bertz CT molecular complexity index is 642. The third-order valence-electron chi connectivity index (χ3n) is 3.18. The van der Waals surface area contributed by atoms with Gasteiger partial charge < -0.3 is 14.8 Å². The van der Waals surface area contributed by atoms with Crippen LogP contribution in [0.4, 0.5) is 11.4 Å². The molecule has 0 aromatic heterocycles. The molecule has 2 aromatic carbocycles. The number of non-ortho nitro benzene ring substituents is 1. The minimum atomic E-state index is -0.418. The number of nitrogens with one attached hydrogen (secondary N) is 1. The summed E-state index contributed by atoms with van der Waals surface area (Å²) < 4.78 is 11.4. The molecule has 0 spiro atoms. The Labute approximate surface area is 121 Å². The molecular weight excluding hydrogens is 272 g/mol. The number of benzene rings is 2. The summed E-state index contributed by atoms with van der Waals surface area (Å²) in [7, 11) is 0. The van der Waals surface area contributed by atoms with Gasteiger partial charge in [-0.05, 0) is 24.3 Å². The lowest BCUT2D eigenvalue weighted by Gasteiger charge is -2.26. The normalized spacial score (nSPS) is 16.3. The van der Waals surface area contributed by atoms with E-state index in [-0.39, 0.29) is 11.8 Å². The maximum atomic E-state index is 10.6. The van der Waals surface area contributed by atoms with Gasteiger partial charge in [-0.1, -0.05) is 12.1 Å². The summed E-state index contributed by atoms with van der Waals surface area (Å²) in [6, 6.07) is 13.8. The van der Waals surface area contributed by atoms with E-state index in [9.17, 15) is 10.1 Å². The Morgan fingerprint density at radius 3 is 2.57 bits per heavy atom. The summed E-state index contributed by atoms with van der Waals surface area (Å²) in [4.78, 5) is 10.2. The lowest BCUT2D eigenvalue weighted by molar-refractivity contribution is -0.384. The van der Waals surface area contributed by atoms with Crippen molar-refractivity contribution in [2.24, 2.45) is 0 Å². The summed E-state index contributed by atoms with van der Waals surface area (Å²) >= 11 is 0. The second kappa shape index (κ2) is 5.70. The van der Waals surface area contributed by atoms with Crippen LogP contribution in [0, 0.1) is 10.1 Å². The highest BCUT2D eigenvalue weighted by Crippen LogP contribution is 2.30. The number of para-hydroxylation sites is 2. The Morgan fingerprint density at radius 1 is 1.14 bits per heavy atom. The lowest BCUT2D eigenvalue weighted by Crippen LogP contribution is -2.35.